The quantitative estimate of drug-likeness (QED) is 0.162. The molecule has 1 saturated carbocycles. The molecule has 50 heavy (non-hydrogen) atoms. The van der Waals surface area contributed by atoms with Crippen molar-refractivity contribution in [3.63, 3.8) is 0 Å². The fraction of sp³-hybridized carbons (Fsp3) is 0.300. The predicted molar refractivity (Wildman–Crippen MR) is 187 cm³/mol. The van der Waals surface area contributed by atoms with Gasteiger partial charge in [-0.15, -0.1) is 0 Å². The summed E-state index contributed by atoms with van der Waals surface area (Å²) in [5.74, 6) is -2.46. The monoisotopic (exact) mass is 680 g/mol. The van der Waals surface area contributed by atoms with Crippen molar-refractivity contribution in [1.82, 2.24) is 5.32 Å². The van der Waals surface area contributed by atoms with Crippen LogP contribution in [0.4, 0.5) is 18.9 Å². The molecule has 1 aliphatic heterocycles. The molecular formula is C40H39F3N4O3. The van der Waals surface area contributed by atoms with Crippen molar-refractivity contribution in [1.29, 1.82) is 0 Å². The third kappa shape index (κ3) is 7.80. The van der Waals surface area contributed by atoms with Gasteiger partial charge in [0, 0.05) is 23.0 Å². The number of para-hydroxylation sites is 1. The zero-order valence-electron chi connectivity index (χ0n) is 27.7. The molecule has 2 aliphatic rings. The van der Waals surface area contributed by atoms with E-state index in [2.05, 4.69) is 5.32 Å². The van der Waals surface area contributed by atoms with Gasteiger partial charge in [-0.2, -0.15) is 13.2 Å². The van der Waals surface area contributed by atoms with Crippen LogP contribution in [0.1, 0.15) is 61.3 Å². The molecular weight excluding hydrogens is 641 g/mol. The predicted octanol–water partition coefficient (Wildman–Crippen LogP) is 7.52. The fourth-order valence-electron chi connectivity index (χ4n) is 6.66. The van der Waals surface area contributed by atoms with E-state index in [4.69, 9.17) is 10.7 Å². The van der Waals surface area contributed by atoms with Gasteiger partial charge in [0.25, 0.3) is 5.91 Å². The summed E-state index contributed by atoms with van der Waals surface area (Å²) in [4.78, 5) is 47.8. The summed E-state index contributed by atoms with van der Waals surface area (Å²) in [6, 6.07) is 29.0. The van der Waals surface area contributed by atoms with Gasteiger partial charge in [0.2, 0.25) is 18.0 Å². The van der Waals surface area contributed by atoms with Crippen molar-refractivity contribution in [2.45, 2.75) is 57.9 Å². The maximum Gasteiger partial charge on any atom is 0.416 e. The molecule has 0 bridgehead atoms. The number of benzene rings is 4. The van der Waals surface area contributed by atoms with Crippen LogP contribution in [0.5, 0.6) is 0 Å². The molecule has 0 saturated heterocycles. The number of fused-ring (bicyclic) bond motifs is 1. The number of primary amides is 1. The second-order valence-electron chi connectivity index (χ2n) is 13.1. The number of anilines is 1. The topological polar surface area (TPSA) is 105 Å². The first-order chi connectivity index (χ1) is 24.0. The lowest BCUT2D eigenvalue weighted by molar-refractivity contribution is -0.137. The Morgan fingerprint density at radius 2 is 1.56 bits per heavy atom. The van der Waals surface area contributed by atoms with Crippen LogP contribution in [0.2, 0.25) is 0 Å². The minimum Gasteiger partial charge on any atom is -0.369 e. The first-order valence-corrected chi connectivity index (χ1v) is 16.9. The number of halogens is 3. The number of nitrogens with two attached hydrogens (primary N) is 1. The summed E-state index contributed by atoms with van der Waals surface area (Å²) in [7, 11) is 0. The molecule has 10 heteroatoms. The Labute approximate surface area is 289 Å². The van der Waals surface area contributed by atoms with Crippen LogP contribution in [0.15, 0.2) is 108 Å². The summed E-state index contributed by atoms with van der Waals surface area (Å²) in [5.41, 5.74) is 9.66. The molecule has 4 aromatic carbocycles. The molecule has 0 aromatic heterocycles. The number of nitrogens with zero attached hydrogens (tertiary/aromatic N) is 2. The molecule has 6 rings (SSSR count). The van der Waals surface area contributed by atoms with Gasteiger partial charge in [0.05, 0.1) is 23.5 Å². The summed E-state index contributed by atoms with van der Waals surface area (Å²) < 4.78 is 39.6. The normalized spacial score (nSPS) is 17.3. The van der Waals surface area contributed by atoms with Gasteiger partial charge in [-0.1, -0.05) is 105 Å². The van der Waals surface area contributed by atoms with E-state index < -0.39 is 47.5 Å². The van der Waals surface area contributed by atoms with E-state index in [0.29, 0.717) is 53.3 Å². The van der Waals surface area contributed by atoms with Crippen LogP contribution in [0.25, 0.3) is 11.1 Å². The summed E-state index contributed by atoms with van der Waals surface area (Å²) in [6.07, 6.45) is -2.14. The lowest BCUT2D eigenvalue weighted by Gasteiger charge is -2.28. The molecule has 0 spiro atoms. The number of benzodiazepines with no additional fused rings is 1. The lowest BCUT2D eigenvalue weighted by atomic mass is 9.83. The number of hydrogen-bond donors (Lipinski definition) is 2. The Hall–Kier alpha value is -5.25. The van der Waals surface area contributed by atoms with Crippen molar-refractivity contribution >= 4 is 29.1 Å². The van der Waals surface area contributed by atoms with Crippen LogP contribution < -0.4 is 16.0 Å². The third-order valence-electron chi connectivity index (χ3n) is 9.42. The Balaban J connectivity index is 1.37. The molecule has 3 atom stereocenters. The van der Waals surface area contributed by atoms with Gasteiger partial charge in [-0.3, -0.25) is 14.4 Å². The number of alkyl halides is 3. The molecule has 1 fully saturated rings. The molecule has 0 radical (unpaired) electrons. The molecule has 1 unspecified atom stereocenters. The second-order valence-corrected chi connectivity index (χ2v) is 13.1. The number of amides is 3. The third-order valence-corrected chi connectivity index (χ3v) is 9.42. The van der Waals surface area contributed by atoms with Gasteiger partial charge in [-0.05, 0) is 59.7 Å². The Morgan fingerprint density at radius 3 is 2.22 bits per heavy atom. The summed E-state index contributed by atoms with van der Waals surface area (Å²) in [5, 5.41) is 2.92. The van der Waals surface area contributed by atoms with Crippen molar-refractivity contribution in [2.75, 3.05) is 4.90 Å². The number of aliphatic imine (C=N–C) groups is 1. The van der Waals surface area contributed by atoms with Gasteiger partial charge >= 0.3 is 6.18 Å². The van der Waals surface area contributed by atoms with Gasteiger partial charge < -0.3 is 16.0 Å². The highest BCUT2D eigenvalue weighted by atomic mass is 19.4. The smallest absolute Gasteiger partial charge is 0.369 e. The second kappa shape index (κ2) is 14.7. The van der Waals surface area contributed by atoms with Crippen LogP contribution in [0.3, 0.4) is 0 Å². The fourth-order valence-corrected chi connectivity index (χ4v) is 6.66. The Morgan fingerprint density at radius 1 is 0.880 bits per heavy atom. The van der Waals surface area contributed by atoms with E-state index in [9.17, 15) is 27.6 Å². The first-order valence-electron chi connectivity index (χ1n) is 16.9. The zero-order valence-corrected chi connectivity index (χ0v) is 27.7. The SMILES string of the molecule is CCC[C@H](C(N)=O)[C@@H](CC1CC1)C(=O)NC1N=C(c2ccccc2)c2ccccc2N(Cc2cccc(-c3ccc(C(F)(F)F)cc3)c2)C1=O. The van der Waals surface area contributed by atoms with Crippen molar-refractivity contribution < 1.29 is 27.6 Å². The Kier molecular flexibility index (Phi) is 10.2. The average Bonchev–Trinajstić information content (AvgIpc) is 3.95. The molecule has 7 nitrogen and oxygen atoms in total. The number of nitrogens with one attached hydrogen (secondary N) is 1. The van der Waals surface area contributed by atoms with Crippen molar-refractivity contribution in [2.24, 2.45) is 28.5 Å². The van der Waals surface area contributed by atoms with Gasteiger partial charge in [0.1, 0.15) is 0 Å². The highest BCUT2D eigenvalue weighted by Crippen LogP contribution is 2.39. The highest BCUT2D eigenvalue weighted by molar-refractivity contribution is 6.20. The van der Waals surface area contributed by atoms with Crippen molar-refractivity contribution in [3.05, 3.63) is 125 Å². The largest absolute Gasteiger partial charge is 0.416 e. The summed E-state index contributed by atoms with van der Waals surface area (Å²) in [6.45, 7) is 2.04. The lowest BCUT2D eigenvalue weighted by Crippen LogP contribution is -2.50. The number of hydrogen-bond acceptors (Lipinski definition) is 4. The molecule has 1 aliphatic carbocycles. The van der Waals surface area contributed by atoms with Gasteiger partial charge in [0.15, 0.2) is 0 Å². The minimum atomic E-state index is -4.44. The molecule has 258 valence electrons. The maximum absolute atomic E-state index is 14.6. The number of carbonyl (C=O) groups is 3. The highest BCUT2D eigenvalue weighted by Gasteiger charge is 2.40. The van der Waals surface area contributed by atoms with E-state index in [0.717, 1.165) is 36.1 Å². The van der Waals surface area contributed by atoms with Crippen LogP contribution in [-0.2, 0) is 27.1 Å². The number of carbonyl (C=O) groups excluding carboxylic acids is 3. The maximum atomic E-state index is 14.6. The van der Waals surface area contributed by atoms with E-state index in [-0.39, 0.29) is 6.54 Å². The first kappa shape index (κ1) is 34.6. The zero-order chi connectivity index (χ0) is 35.4. The van der Waals surface area contributed by atoms with E-state index in [1.807, 2.05) is 73.7 Å². The average molecular weight is 681 g/mol. The number of rotatable bonds is 12. The van der Waals surface area contributed by atoms with Crippen molar-refractivity contribution in [3.8, 4) is 11.1 Å². The summed E-state index contributed by atoms with van der Waals surface area (Å²) >= 11 is 0. The van der Waals surface area contributed by atoms with E-state index >= 15 is 0 Å². The standard InChI is InChI=1S/C40H39F3N4O3/c1-2-9-31(36(44)48)33(23-25-16-17-25)38(49)46-37-39(50)47(34-15-7-6-14-32(34)35(45-37)28-11-4-3-5-12-28)24-26-10-8-13-29(22-26)27-18-20-30(21-19-27)40(41,42)43/h3-8,10-15,18-22,25,31,33,37H,2,9,16-17,23-24H2,1H3,(H2,44,48)(H,46,49)/t31-,33+,37?/m0/s1. The van der Waals surface area contributed by atoms with Crippen LogP contribution >= 0.6 is 0 Å². The van der Waals surface area contributed by atoms with E-state index in [1.165, 1.54) is 12.1 Å². The molecule has 3 N–H and O–H groups in total. The van der Waals surface area contributed by atoms with E-state index in [1.54, 1.807) is 17.0 Å². The van der Waals surface area contributed by atoms with Gasteiger partial charge in [-0.25, -0.2) is 4.99 Å². The van der Waals surface area contributed by atoms with Crippen LogP contribution in [0, 0.1) is 17.8 Å². The molecule has 1 heterocycles. The minimum absolute atomic E-state index is 0.0968. The molecule has 4 aromatic rings. The molecule has 3 amide bonds. The van der Waals surface area contributed by atoms with Crippen LogP contribution in [-0.4, -0.2) is 29.6 Å². The Bertz CT molecular complexity index is 1890.